The molecule has 9 heteroatoms. The van der Waals surface area contributed by atoms with Crippen LogP contribution in [0.4, 0.5) is 0 Å². The van der Waals surface area contributed by atoms with Crippen molar-refractivity contribution in [1.29, 1.82) is 0 Å². The minimum Gasteiger partial charge on any atom is -0.495 e. The van der Waals surface area contributed by atoms with E-state index in [4.69, 9.17) is 4.74 Å². The molecule has 0 aliphatic rings. The number of benzene rings is 2. The number of nitrogens with zero attached hydrogens (tertiary/aromatic N) is 3. The number of unbranched alkanes of at least 4 members (excludes halogenated alkanes) is 2. The number of rotatable bonds is 10. The van der Waals surface area contributed by atoms with Crippen LogP contribution in [0.2, 0.25) is 0 Å². The van der Waals surface area contributed by atoms with Gasteiger partial charge in [-0.05, 0) is 55.7 Å². The molecule has 184 valence electrons. The fourth-order valence-electron chi connectivity index (χ4n) is 3.71. The lowest BCUT2D eigenvalue weighted by Gasteiger charge is -2.22. The van der Waals surface area contributed by atoms with Crippen LogP contribution in [-0.4, -0.2) is 43.4 Å². The number of sulfonamides is 1. The highest BCUT2D eigenvalue weighted by molar-refractivity contribution is 7.89. The number of hydrogen-bond acceptors (Lipinski definition) is 5. The summed E-state index contributed by atoms with van der Waals surface area (Å²) >= 11 is 1.42. The number of aromatic nitrogens is 1. The number of aryl methyl sites for hydroxylation is 2. The second-order valence-electron chi connectivity index (χ2n) is 8.26. The summed E-state index contributed by atoms with van der Waals surface area (Å²) in [6, 6.07) is 9.96. The van der Waals surface area contributed by atoms with Crippen molar-refractivity contribution in [3.8, 4) is 5.75 Å². The Kier molecular flexibility index (Phi) is 8.67. The predicted molar refractivity (Wildman–Crippen MR) is 137 cm³/mol. The summed E-state index contributed by atoms with van der Waals surface area (Å²) < 4.78 is 36.2. The van der Waals surface area contributed by atoms with Crippen molar-refractivity contribution in [2.24, 2.45) is 12.0 Å². The van der Waals surface area contributed by atoms with Crippen molar-refractivity contribution in [1.82, 2.24) is 8.87 Å². The molecular weight excluding hydrogens is 470 g/mol. The van der Waals surface area contributed by atoms with Gasteiger partial charge in [0.05, 0.1) is 16.7 Å². The molecule has 0 unspecified atom stereocenters. The number of hydrogen-bond donors (Lipinski definition) is 0. The first kappa shape index (κ1) is 26.1. The van der Waals surface area contributed by atoms with E-state index in [1.165, 1.54) is 35.6 Å². The average Bonchev–Trinajstić information content (AvgIpc) is 3.16. The summed E-state index contributed by atoms with van der Waals surface area (Å²) in [7, 11) is -0.141. The normalized spacial score (nSPS) is 12.6. The Morgan fingerprint density at radius 1 is 1.06 bits per heavy atom. The number of ether oxygens (including phenoxy) is 1. The Morgan fingerprint density at radius 3 is 2.24 bits per heavy atom. The van der Waals surface area contributed by atoms with Crippen LogP contribution in [0.15, 0.2) is 46.3 Å². The highest BCUT2D eigenvalue weighted by atomic mass is 32.2. The van der Waals surface area contributed by atoms with Crippen LogP contribution in [0.1, 0.15) is 55.5 Å². The van der Waals surface area contributed by atoms with Crippen LogP contribution in [0.5, 0.6) is 5.75 Å². The van der Waals surface area contributed by atoms with Crippen LogP contribution in [0.25, 0.3) is 10.2 Å². The summed E-state index contributed by atoms with van der Waals surface area (Å²) in [6.07, 6.45) is 3.48. The van der Waals surface area contributed by atoms with Gasteiger partial charge in [-0.2, -0.15) is 9.30 Å². The molecule has 0 fully saturated rings. The minimum atomic E-state index is -3.61. The van der Waals surface area contributed by atoms with E-state index in [9.17, 15) is 13.2 Å². The molecule has 0 saturated heterocycles. The van der Waals surface area contributed by atoms with Crippen molar-refractivity contribution < 1.29 is 17.9 Å². The van der Waals surface area contributed by atoms with Crippen LogP contribution < -0.4 is 9.54 Å². The molecule has 1 aromatic heterocycles. The molecule has 7 nitrogen and oxygen atoms in total. The number of thiazole rings is 1. The molecule has 1 amide bonds. The van der Waals surface area contributed by atoms with E-state index in [-0.39, 0.29) is 4.90 Å². The van der Waals surface area contributed by atoms with Gasteiger partial charge < -0.3 is 9.30 Å². The van der Waals surface area contributed by atoms with Gasteiger partial charge >= 0.3 is 0 Å². The van der Waals surface area contributed by atoms with Gasteiger partial charge in [-0.1, -0.05) is 44.1 Å². The lowest BCUT2D eigenvalue weighted by atomic mass is 10.2. The van der Waals surface area contributed by atoms with E-state index in [0.717, 1.165) is 47.2 Å². The van der Waals surface area contributed by atoms with Crippen molar-refractivity contribution in [2.45, 2.75) is 51.3 Å². The van der Waals surface area contributed by atoms with Crippen molar-refractivity contribution in [3.05, 3.63) is 52.3 Å². The molecule has 1 heterocycles. The van der Waals surface area contributed by atoms with Gasteiger partial charge in [0.1, 0.15) is 11.3 Å². The van der Waals surface area contributed by atoms with Crippen LogP contribution in [0, 0.1) is 6.92 Å². The second-order valence-corrected chi connectivity index (χ2v) is 11.2. The summed E-state index contributed by atoms with van der Waals surface area (Å²) in [5.41, 5.74) is 2.31. The van der Waals surface area contributed by atoms with E-state index < -0.39 is 15.9 Å². The van der Waals surface area contributed by atoms with E-state index in [2.05, 4.69) is 4.99 Å². The van der Waals surface area contributed by atoms with Crippen LogP contribution >= 0.6 is 11.3 Å². The third kappa shape index (κ3) is 5.42. The molecule has 3 aromatic rings. The quantitative estimate of drug-likeness (QED) is 0.395. The summed E-state index contributed by atoms with van der Waals surface area (Å²) in [5.74, 6) is 0.301. The van der Waals surface area contributed by atoms with Crippen molar-refractivity contribution >= 4 is 37.5 Å². The maximum atomic E-state index is 13.2. The maximum Gasteiger partial charge on any atom is 0.279 e. The molecule has 0 atom stereocenters. The Hall–Kier alpha value is -2.49. The van der Waals surface area contributed by atoms with E-state index in [1.54, 1.807) is 11.4 Å². The van der Waals surface area contributed by atoms with E-state index in [0.29, 0.717) is 23.5 Å². The SMILES string of the molecule is CCCCN(CCCC)S(=O)(=O)c1ccc(C(=O)N=c2sc3c(C)ccc(OC)c3n2C)cc1. The molecule has 3 rings (SSSR count). The first-order valence-corrected chi connectivity index (χ1v) is 13.8. The standard InChI is InChI=1S/C25H33N3O4S2/c1-6-8-16-28(17-9-7-2)34(30,31)20-13-11-19(12-14-20)24(29)26-25-27(4)22-21(32-5)15-10-18(3)23(22)33-25/h10-15H,6-9,16-17H2,1-5H3. The number of methoxy groups -OCH3 is 1. The Labute approximate surface area is 205 Å². The molecule has 0 spiro atoms. The average molecular weight is 504 g/mol. The third-order valence-electron chi connectivity index (χ3n) is 5.79. The first-order valence-electron chi connectivity index (χ1n) is 11.6. The summed E-state index contributed by atoms with van der Waals surface area (Å²) in [6.45, 7) is 7.10. The first-order chi connectivity index (χ1) is 16.2. The largest absolute Gasteiger partial charge is 0.495 e. The van der Waals surface area contributed by atoms with E-state index in [1.807, 2.05) is 44.5 Å². The molecule has 0 aliphatic heterocycles. The molecule has 0 saturated carbocycles. The van der Waals surface area contributed by atoms with Gasteiger partial charge in [-0.15, -0.1) is 0 Å². The Bertz CT molecular complexity index is 1310. The van der Waals surface area contributed by atoms with E-state index >= 15 is 0 Å². The summed E-state index contributed by atoms with van der Waals surface area (Å²) in [4.78, 5) is 18.0. The van der Waals surface area contributed by atoms with Gasteiger partial charge in [0.15, 0.2) is 4.80 Å². The molecule has 2 aromatic carbocycles. The zero-order valence-electron chi connectivity index (χ0n) is 20.5. The molecule has 0 N–H and O–H groups in total. The Morgan fingerprint density at radius 2 is 1.68 bits per heavy atom. The zero-order valence-corrected chi connectivity index (χ0v) is 22.1. The van der Waals surface area contributed by atoms with Gasteiger partial charge in [0.2, 0.25) is 10.0 Å². The Balaban J connectivity index is 1.91. The number of carbonyl (C=O) groups excluding carboxylic acids is 1. The fourth-order valence-corrected chi connectivity index (χ4v) is 6.33. The number of carbonyl (C=O) groups is 1. The van der Waals surface area contributed by atoms with Crippen LogP contribution in [-0.2, 0) is 17.1 Å². The maximum absolute atomic E-state index is 13.2. The van der Waals surface area contributed by atoms with Gasteiger partial charge in [0, 0.05) is 25.7 Å². The lowest BCUT2D eigenvalue weighted by Crippen LogP contribution is -2.33. The monoisotopic (exact) mass is 503 g/mol. The highest BCUT2D eigenvalue weighted by Gasteiger charge is 2.23. The van der Waals surface area contributed by atoms with Crippen molar-refractivity contribution in [2.75, 3.05) is 20.2 Å². The molecule has 34 heavy (non-hydrogen) atoms. The number of amides is 1. The minimum absolute atomic E-state index is 0.198. The molecule has 0 bridgehead atoms. The van der Waals surface area contributed by atoms with Gasteiger partial charge in [-0.3, -0.25) is 4.79 Å². The summed E-state index contributed by atoms with van der Waals surface area (Å²) in [5, 5.41) is 0. The predicted octanol–water partition coefficient (Wildman–Crippen LogP) is 4.89. The molecule has 0 aliphatic carbocycles. The van der Waals surface area contributed by atoms with Gasteiger partial charge in [-0.25, -0.2) is 8.42 Å². The zero-order chi connectivity index (χ0) is 24.9. The van der Waals surface area contributed by atoms with Gasteiger partial charge in [0.25, 0.3) is 5.91 Å². The topological polar surface area (TPSA) is 81.0 Å². The smallest absolute Gasteiger partial charge is 0.279 e. The third-order valence-corrected chi connectivity index (χ3v) is 8.97. The lowest BCUT2D eigenvalue weighted by molar-refractivity contribution is 0.0998. The number of fused-ring (bicyclic) bond motifs is 1. The fraction of sp³-hybridized carbons (Fsp3) is 0.440. The highest BCUT2D eigenvalue weighted by Crippen LogP contribution is 2.29. The van der Waals surface area contributed by atoms with Crippen molar-refractivity contribution in [3.63, 3.8) is 0 Å². The second kappa shape index (κ2) is 11.3. The molecular formula is C25H33N3O4S2. The van der Waals surface area contributed by atoms with Crippen LogP contribution in [0.3, 0.4) is 0 Å². The molecule has 0 radical (unpaired) electrons.